The summed E-state index contributed by atoms with van der Waals surface area (Å²) in [6.45, 7) is 6.59. The monoisotopic (exact) mass is 532 g/mol. The molecule has 8 heteroatoms. The van der Waals surface area contributed by atoms with Crippen molar-refractivity contribution in [2.45, 2.75) is 25.7 Å². The molecule has 1 aliphatic heterocycles. The first-order chi connectivity index (χ1) is 16.8. The molecule has 1 heterocycles. The molecule has 0 amide bonds. The summed E-state index contributed by atoms with van der Waals surface area (Å²) >= 11 is 12.3. The number of hydrogen-bond acceptors (Lipinski definition) is 4. The van der Waals surface area contributed by atoms with Gasteiger partial charge in [0.1, 0.15) is 0 Å². The lowest BCUT2D eigenvalue weighted by atomic mass is 9.96. The average Bonchev–Trinajstić information content (AvgIpc) is 2.84. The third kappa shape index (κ3) is 7.41. The van der Waals surface area contributed by atoms with Crippen molar-refractivity contribution in [3.8, 4) is 0 Å². The molecule has 1 aliphatic rings. The molecule has 1 saturated heterocycles. The zero-order valence-electron chi connectivity index (χ0n) is 19.8. The molecule has 0 aromatic heterocycles. The highest BCUT2D eigenvalue weighted by Gasteiger charge is 2.26. The van der Waals surface area contributed by atoms with E-state index in [-0.39, 0.29) is 18.8 Å². The Hall–Kier alpha value is -1.69. The van der Waals surface area contributed by atoms with Gasteiger partial charge in [-0.15, -0.1) is 0 Å². The van der Waals surface area contributed by atoms with Crippen molar-refractivity contribution in [3.63, 3.8) is 0 Å². The van der Waals surface area contributed by atoms with Gasteiger partial charge in [0.25, 0.3) is 0 Å². The predicted molar refractivity (Wildman–Crippen MR) is 143 cm³/mol. The molecular formula is C27H31Cl2N2O3P. The molecule has 0 aliphatic carbocycles. The van der Waals surface area contributed by atoms with Crippen LogP contribution >= 0.6 is 30.8 Å². The van der Waals surface area contributed by atoms with Crippen LogP contribution in [0, 0.1) is 0 Å². The summed E-state index contributed by atoms with van der Waals surface area (Å²) in [7, 11) is -3.57. The zero-order chi connectivity index (χ0) is 24.8. The van der Waals surface area contributed by atoms with Crippen molar-refractivity contribution < 1.29 is 14.0 Å². The minimum Gasteiger partial charge on any atom is -0.324 e. The molecule has 1 N–H and O–H groups in total. The number of piperazine rings is 1. The average molecular weight is 533 g/mol. The van der Waals surface area contributed by atoms with E-state index in [1.54, 1.807) is 6.92 Å². The molecule has 1 atom stereocenters. The molecule has 0 bridgehead atoms. The molecular weight excluding hydrogens is 502 g/mol. The van der Waals surface area contributed by atoms with Crippen molar-refractivity contribution in [2.75, 3.05) is 32.8 Å². The van der Waals surface area contributed by atoms with Crippen LogP contribution in [0.15, 0.2) is 72.8 Å². The first kappa shape index (κ1) is 26.4. The van der Waals surface area contributed by atoms with Crippen LogP contribution in [0.25, 0.3) is 0 Å². The Morgan fingerprint density at radius 1 is 0.829 bits per heavy atom. The van der Waals surface area contributed by atoms with E-state index in [1.807, 2.05) is 48.5 Å². The molecule has 0 saturated carbocycles. The van der Waals surface area contributed by atoms with Gasteiger partial charge in [0, 0.05) is 42.8 Å². The van der Waals surface area contributed by atoms with Gasteiger partial charge in [-0.2, -0.15) is 0 Å². The van der Waals surface area contributed by atoms with E-state index in [9.17, 15) is 9.46 Å². The first-order valence-corrected chi connectivity index (χ1v) is 14.4. The summed E-state index contributed by atoms with van der Waals surface area (Å²) < 4.78 is 17.0. The van der Waals surface area contributed by atoms with Gasteiger partial charge in [0.05, 0.1) is 18.8 Å². The van der Waals surface area contributed by atoms with E-state index >= 15 is 0 Å². The standard InChI is InChI=1S/C27H31Cl2N2O3P/c1-2-34-35(32,33)20-22-5-3-21(4-6-22)19-30-15-17-31(18-16-30)27(23-7-11-25(28)12-8-23)24-9-13-26(29)14-10-24/h3-14,27H,2,15-20H2,1H3,(H,32,33). The summed E-state index contributed by atoms with van der Waals surface area (Å²) in [6, 6.07) is 24.3. The topological polar surface area (TPSA) is 53.0 Å². The molecule has 5 nitrogen and oxygen atoms in total. The number of benzene rings is 3. The van der Waals surface area contributed by atoms with Crippen LogP contribution in [-0.2, 0) is 21.8 Å². The van der Waals surface area contributed by atoms with Gasteiger partial charge in [-0.3, -0.25) is 14.4 Å². The van der Waals surface area contributed by atoms with Crippen LogP contribution in [0.5, 0.6) is 0 Å². The molecule has 1 fully saturated rings. The predicted octanol–water partition coefficient (Wildman–Crippen LogP) is 6.62. The van der Waals surface area contributed by atoms with Gasteiger partial charge < -0.3 is 9.42 Å². The molecule has 1 unspecified atom stereocenters. The fourth-order valence-corrected chi connectivity index (χ4v) is 5.99. The Bertz CT molecular complexity index is 1090. The van der Waals surface area contributed by atoms with Gasteiger partial charge in [-0.1, -0.05) is 71.7 Å². The lowest BCUT2D eigenvalue weighted by Gasteiger charge is -2.40. The second-order valence-electron chi connectivity index (χ2n) is 8.85. The SMILES string of the molecule is CCOP(=O)(O)Cc1ccc(CN2CCN(C(c3ccc(Cl)cc3)c3ccc(Cl)cc3)CC2)cc1. The lowest BCUT2D eigenvalue weighted by molar-refractivity contribution is 0.105. The highest BCUT2D eigenvalue weighted by atomic mass is 35.5. The van der Waals surface area contributed by atoms with Crippen LogP contribution < -0.4 is 0 Å². The molecule has 3 aromatic carbocycles. The minimum atomic E-state index is -3.57. The highest BCUT2D eigenvalue weighted by Crippen LogP contribution is 2.45. The summed E-state index contributed by atoms with van der Waals surface area (Å²) in [4.78, 5) is 14.8. The summed E-state index contributed by atoms with van der Waals surface area (Å²) in [6.07, 6.45) is 0.0383. The lowest BCUT2D eigenvalue weighted by Crippen LogP contribution is -2.47. The Kier molecular flexibility index (Phi) is 9.07. The maximum absolute atomic E-state index is 12.0. The van der Waals surface area contributed by atoms with Gasteiger partial charge in [-0.05, 0) is 53.4 Å². The smallest absolute Gasteiger partial charge is 0.324 e. The van der Waals surface area contributed by atoms with E-state index < -0.39 is 7.60 Å². The van der Waals surface area contributed by atoms with Crippen LogP contribution in [0.1, 0.15) is 35.2 Å². The van der Waals surface area contributed by atoms with Crippen LogP contribution in [0.2, 0.25) is 10.0 Å². The summed E-state index contributed by atoms with van der Waals surface area (Å²) in [5.41, 5.74) is 4.44. The van der Waals surface area contributed by atoms with Crippen molar-refractivity contribution in [3.05, 3.63) is 105 Å². The van der Waals surface area contributed by atoms with E-state index in [0.717, 1.165) is 48.3 Å². The largest absolute Gasteiger partial charge is 0.332 e. The fourth-order valence-electron chi connectivity index (χ4n) is 4.57. The van der Waals surface area contributed by atoms with Gasteiger partial charge >= 0.3 is 7.60 Å². The van der Waals surface area contributed by atoms with Crippen molar-refractivity contribution in [2.24, 2.45) is 0 Å². The Balaban J connectivity index is 1.39. The minimum absolute atomic E-state index is 0.0383. The zero-order valence-corrected chi connectivity index (χ0v) is 22.2. The number of hydrogen-bond donors (Lipinski definition) is 1. The maximum atomic E-state index is 12.0. The van der Waals surface area contributed by atoms with Gasteiger partial charge in [0.15, 0.2) is 0 Å². The van der Waals surface area contributed by atoms with E-state index in [1.165, 1.54) is 16.7 Å². The Morgan fingerprint density at radius 2 is 1.31 bits per heavy atom. The Morgan fingerprint density at radius 3 is 1.80 bits per heavy atom. The Labute approximate surface area is 217 Å². The molecule has 186 valence electrons. The second-order valence-corrected chi connectivity index (χ2v) is 11.6. The fraction of sp³-hybridized carbons (Fsp3) is 0.333. The van der Waals surface area contributed by atoms with Crippen LogP contribution in [0.3, 0.4) is 0 Å². The summed E-state index contributed by atoms with van der Waals surface area (Å²) in [5.74, 6) is 0. The quantitative estimate of drug-likeness (QED) is 0.313. The third-order valence-electron chi connectivity index (χ3n) is 6.29. The van der Waals surface area contributed by atoms with E-state index in [2.05, 4.69) is 34.1 Å². The number of nitrogens with zero attached hydrogens (tertiary/aromatic N) is 2. The normalized spacial score (nSPS) is 16.9. The molecule has 0 radical (unpaired) electrons. The maximum Gasteiger partial charge on any atom is 0.332 e. The van der Waals surface area contributed by atoms with Crippen LogP contribution in [-0.4, -0.2) is 47.5 Å². The van der Waals surface area contributed by atoms with E-state index in [4.69, 9.17) is 27.7 Å². The molecule has 3 aromatic rings. The second kappa shape index (κ2) is 12.0. The third-order valence-corrected chi connectivity index (χ3v) is 8.22. The van der Waals surface area contributed by atoms with Gasteiger partial charge in [0.2, 0.25) is 0 Å². The molecule has 0 spiro atoms. The van der Waals surface area contributed by atoms with Gasteiger partial charge in [-0.25, -0.2) is 0 Å². The number of halogens is 2. The van der Waals surface area contributed by atoms with Crippen molar-refractivity contribution in [1.29, 1.82) is 0 Å². The number of rotatable bonds is 9. The van der Waals surface area contributed by atoms with Crippen molar-refractivity contribution in [1.82, 2.24) is 9.80 Å². The first-order valence-electron chi connectivity index (χ1n) is 11.8. The molecule has 4 rings (SSSR count). The van der Waals surface area contributed by atoms with E-state index in [0.29, 0.717) is 0 Å². The molecule has 35 heavy (non-hydrogen) atoms. The van der Waals surface area contributed by atoms with Crippen molar-refractivity contribution >= 4 is 30.8 Å². The van der Waals surface area contributed by atoms with Crippen LogP contribution in [0.4, 0.5) is 0 Å². The summed E-state index contributed by atoms with van der Waals surface area (Å²) in [5, 5.41) is 1.47. The highest BCUT2D eigenvalue weighted by molar-refractivity contribution is 7.51.